The topological polar surface area (TPSA) is 53.1 Å². The van der Waals surface area contributed by atoms with Crippen LogP contribution in [0.1, 0.15) is 32.5 Å². The standard InChI is InChI=1S/C14H21N3O/c1-3-7-17-13-9-11(15)5-6-12(13)16-14(17)10-18-8-4-2/h5-6,9H,3-4,7-8,10,15H2,1-2H3. The lowest BCUT2D eigenvalue weighted by Gasteiger charge is -2.08. The Morgan fingerprint density at radius 3 is 2.83 bits per heavy atom. The molecule has 1 aromatic heterocycles. The molecule has 1 aromatic carbocycles. The monoisotopic (exact) mass is 247 g/mol. The second-order valence-electron chi connectivity index (χ2n) is 4.48. The van der Waals surface area contributed by atoms with Crippen molar-refractivity contribution in [1.29, 1.82) is 0 Å². The van der Waals surface area contributed by atoms with Crippen molar-refractivity contribution in [3.8, 4) is 0 Å². The van der Waals surface area contributed by atoms with Gasteiger partial charge in [-0.15, -0.1) is 0 Å². The second-order valence-corrected chi connectivity index (χ2v) is 4.48. The van der Waals surface area contributed by atoms with Crippen LogP contribution in [-0.2, 0) is 17.9 Å². The van der Waals surface area contributed by atoms with Crippen LogP contribution in [0.25, 0.3) is 11.0 Å². The van der Waals surface area contributed by atoms with Gasteiger partial charge in [0.25, 0.3) is 0 Å². The molecule has 1 heterocycles. The van der Waals surface area contributed by atoms with Crippen molar-refractivity contribution in [1.82, 2.24) is 9.55 Å². The van der Waals surface area contributed by atoms with Crippen molar-refractivity contribution in [3.05, 3.63) is 24.0 Å². The van der Waals surface area contributed by atoms with Gasteiger partial charge in [0, 0.05) is 18.8 Å². The third-order valence-corrected chi connectivity index (χ3v) is 2.88. The molecular formula is C14H21N3O. The first-order chi connectivity index (χ1) is 8.76. The molecule has 0 aliphatic rings. The van der Waals surface area contributed by atoms with Gasteiger partial charge in [0.2, 0.25) is 0 Å². The molecular weight excluding hydrogens is 226 g/mol. The fraction of sp³-hybridized carbons (Fsp3) is 0.500. The van der Waals surface area contributed by atoms with E-state index in [9.17, 15) is 0 Å². The van der Waals surface area contributed by atoms with Crippen LogP contribution in [0.4, 0.5) is 5.69 Å². The number of nitrogens with two attached hydrogens (primary N) is 1. The molecule has 0 unspecified atom stereocenters. The fourth-order valence-electron chi connectivity index (χ4n) is 2.08. The first-order valence-corrected chi connectivity index (χ1v) is 6.58. The van der Waals surface area contributed by atoms with Crippen LogP contribution >= 0.6 is 0 Å². The molecule has 0 saturated heterocycles. The molecule has 0 aliphatic carbocycles. The highest BCUT2D eigenvalue weighted by atomic mass is 16.5. The maximum Gasteiger partial charge on any atom is 0.135 e. The van der Waals surface area contributed by atoms with E-state index in [1.807, 2.05) is 18.2 Å². The number of benzene rings is 1. The summed E-state index contributed by atoms with van der Waals surface area (Å²) in [4.78, 5) is 4.63. The number of hydrogen-bond donors (Lipinski definition) is 1. The van der Waals surface area contributed by atoms with Gasteiger partial charge in [-0.3, -0.25) is 0 Å². The number of rotatable bonds is 6. The van der Waals surface area contributed by atoms with Crippen molar-refractivity contribution in [2.75, 3.05) is 12.3 Å². The molecule has 4 nitrogen and oxygen atoms in total. The average Bonchev–Trinajstić information content (AvgIpc) is 2.68. The Bertz CT molecular complexity index is 519. The second kappa shape index (κ2) is 5.87. The van der Waals surface area contributed by atoms with Crippen LogP contribution in [0.2, 0.25) is 0 Å². The maximum absolute atomic E-state index is 5.85. The first kappa shape index (κ1) is 12.9. The summed E-state index contributed by atoms with van der Waals surface area (Å²) in [5.74, 6) is 0.992. The molecule has 0 amide bonds. The predicted octanol–water partition coefficient (Wildman–Crippen LogP) is 2.96. The SMILES string of the molecule is CCCOCc1nc2ccc(N)cc2n1CCC. The van der Waals surface area contributed by atoms with Crippen LogP contribution in [0.15, 0.2) is 18.2 Å². The van der Waals surface area contributed by atoms with Crippen molar-refractivity contribution in [3.63, 3.8) is 0 Å². The minimum atomic E-state index is 0.572. The zero-order valence-electron chi connectivity index (χ0n) is 11.1. The zero-order chi connectivity index (χ0) is 13.0. The molecule has 0 radical (unpaired) electrons. The third-order valence-electron chi connectivity index (χ3n) is 2.88. The summed E-state index contributed by atoms with van der Waals surface area (Å²) in [5.41, 5.74) is 8.72. The fourth-order valence-corrected chi connectivity index (χ4v) is 2.08. The van der Waals surface area contributed by atoms with Crippen molar-refractivity contribution in [2.24, 2.45) is 0 Å². The molecule has 2 rings (SSSR count). The largest absolute Gasteiger partial charge is 0.399 e. The lowest BCUT2D eigenvalue weighted by Crippen LogP contribution is -2.06. The summed E-state index contributed by atoms with van der Waals surface area (Å²) < 4.78 is 7.81. The highest BCUT2D eigenvalue weighted by Crippen LogP contribution is 2.20. The van der Waals surface area contributed by atoms with Gasteiger partial charge >= 0.3 is 0 Å². The van der Waals surface area contributed by atoms with E-state index in [1.54, 1.807) is 0 Å². The van der Waals surface area contributed by atoms with Gasteiger partial charge in [-0.25, -0.2) is 4.98 Å². The lowest BCUT2D eigenvalue weighted by molar-refractivity contribution is 0.114. The predicted molar refractivity (Wildman–Crippen MR) is 74.4 cm³/mol. The molecule has 0 aliphatic heterocycles. The summed E-state index contributed by atoms with van der Waals surface area (Å²) in [6, 6.07) is 5.85. The molecule has 2 aromatic rings. The van der Waals surface area contributed by atoms with E-state index < -0.39 is 0 Å². The van der Waals surface area contributed by atoms with Crippen molar-refractivity contribution < 1.29 is 4.74 Å². The van der Waals surface area contributed by atoms with Gasteiger partial charge in [-0.1, -0.05) is 13.8 Å². The van der Waals surface area contributed by atoms with Crippen molar-refractivity contribution >= 4 is 16.7 Å². The van der Waals surface area contributed by atoms with E-state index >= 15 is 0 Å². The zero-order valence-corrected chi connectivity index (χ0v) is 11.1. The van der Waals surface area contributed by atoms with Crippen LogP contribution < -0.4 is 5.73 Å². The van der Waals surface area contributed by atoms with E-state index in [2.05, 4.69) is 23.4 Å². The molecule has 98 valence electrons. The normalized spacial score (nSPS) is 11.2. The summed E-state index contributed by atoms with van der Waals surface area (Å²) >= 11 is 0. The van der Waals surface area contributed by atoms with Crippen LogP contribution in [-0.4, -0.2) is 16.2 Å². The van der Waals surface area contributed by atoms with Crippen LogP contribution in [0.5, 0.6) is 0 Å². The summed E-state index contributed by atoms with van der Waals surface area (Å²) in [6.45, 7) is 6.56. The molecule has 0 saturated carbocycles. The maximum atomic E-state index is 5.85. The number of nitrogens with zero attached hydrogens (tertiary/aromatic N) is 2. The summed E-state index contributed by atoms with van der Waals surface area (Å²) in [5, 5.41) is 0. The Labute approximate surface area is 108 Å². The number of nitrogen functional groups attached to an aromatic ring is 1. The van der Waals surface area contributed by atoms with Gasteiger partial charge in [-0.2, -0.15) is 0 Å². The Kier molecular flexibility index (Phi) is 4.20. The van der Waals surface area contributed by atoms with Gasteiger partial charge in [0.1, 0.15) is 12.4 Å². The van der Waals surface area contributed by atoms with E-state index in [-0.39, 0.29) is 0 Å². The van der Waals surface area contributed by atoms with Gasteiger partial charge in [0.05, 0.1) is 11.0 Å². The van der Waals surface area contributed by atoms with Crippen LogP contribution in [0, 0.1) is 0 Å². The number of imidazole rings is 1. The molecule has 18 heavy (non-hydrogen) atoms. The molecule has 0 bridgehead atoms. The Morgan fingerprint density at radius 1 is 1.28 bits per heavy atom. The lowest BCUT2D eigenvalue weighted by atomic mass is 10.3. The molecule has 2 N–H and O–H groups in total. The number of fused-ring (bicyclic) bond motifs is 1. The Hall–Kier alpha value is -1.55. The van der Waals surface area contributed by atoms with E-state index in [0.29, 0.717) is 6.61 Å². The van der Waals surface area contributed by atoms with Crippen molar-refractivity contribution in [2.45, 2.75) is 39.8 Å². The highest BCUT2D eigenvalue weighted by molar-refractivity contribution is 5.79. The minimum absolute atomic E-state index is 0.572. The Morgan fingerprint density at radius 2 is 2.11 bits per heavy atom. The number of aromatic nitrogens is 2. The van der Waals surface area contributed by atoms with E-state index in [1.165, 1.54) is 0 Å². The van der Waals surface area contributed by atoms with Gasteiger partial charge in [0.15, 0.2) is 0 Å². The van der Waals surface area contributed by atoms with E-state index in [4.69, 9.17) is 10.5 Å². The quantitative estimate of drug-likeness (QED) is 0.630. The highest BCUT2D eigenvalue weighted by Gasteiger charge is 2.10. The summed E-state index contributed by atoms with van der Waals surface area (Å²) in [7, 11) is 0. The molecule has 0 atom stereocenters. The Balaban J connectivity index is 2.35. The molecule has 0 spiro atoms. The molecule has 4 heteroatoms. The van der Waals surface area contributed by atoms with Crippen LogP contribution in [0.3, 0.4) is 0 Å². The minimum Gasteiger partial charge on any atom is -0.399 e. The average molecular weight is 247 g/mol. The number of anilines is 1. The van der Waals surface area contributed by atoms with E-state index in [0.717, 1.165) is 48.5 Å². The number of aryl methyl sites for hydroxylation is 1. The molecule has 0 fully saturated rings. The van der Waals surface area contributed by atoms with Gasteiger partial charge < -0.3 is 15.0 Å². The van der Waals surface area contributed by atoms with Gasteiger partial charge in [-0.05, 0) is 31.0 Å². The summed E-state index contributed by atoms with van der Waals surface area (Å²) in [6.07, 6.45) is 2.10. The number of ether oxygens (including phenoxy) is 1. The first-order valence-electron chi connectivity index (χ1n) is 6.58. The smallest absolute Gasteiger partial charge is 0.135 e. The third kappa shape index (κ3) is 2.64. The number of hydrogen-bond acceptors (Lipinski definition) is 3.